The molecule has 0 heterocycles. The van der Waals surface area contributed by atoms with E-state index in [0.29, 0.717) is 19.1 Å². The van der Waals surface area contributed by atoms with Crippen LogP contribution in [0.4, 0.5) is 0 Å². The first-order valence-electron chi connectivity index (χ1n) is 7.44. The Labute approximate surface area is 120 Å². The van der Waals surface area contributed by atoms with Crippen molar-refractivity contribution in [1.82, 2.24) is 4.90 Å². The monoisotopic (exact) mass is 276 g/mol. The van der Waals surface area contributed by atoms with E-state index in [1.54, 1.807) is 12.1 Å². The Morgan fingerprint density at radius 1 is 1.50 bits per heavy atom. The molecule has 0 aromatic heterocycles. The van der Waals surface area contributed by atoms with Crippen LogP contribution in [0.15, 0.2) is 24.3 Å². The van der Waals surface area contributed by atoms with Crippen molar-refractivity contribution in [3.63, 3.8) is 0 Å². The molecule has 1 saturated carbocycles. The Balaban J connectivity index is 2.08. The summed E-state index contributed by atoms with van der Waals surface area (Å²) in [4.78, 5) is 14.6. The van der Waals surface area contributed by atoms with Crippen LogP contribution >= 0.6 is 0 Å². The number of rotatable bonds is 7. The van der Waals surface area contributed by atoms with Crippen LogP contribution in [0.25, 0.3) is 0 Å². The molecule has 1 atom stereocenters. The molecule has 1 fully saturated rings. The van der Waals surface area contributed by atoms with Crippen molar-refractivity contribution < 1.29 is 9.90 Å². The van der Waals surface area contributed by atoms with E-state index in [0.717, 1.165) is 31.2 Å². The lowest BCUT2D eigenvalue weighted by atomic mass is 10.0. The zero-order valence-corrected chi connectivity index (χ0v) is 12.1. The first-order valence-corrected chi connectivity index (χ1v) is 7.44. The summed E-state index contributed by atoms with van der Waals surface area (Å²) in [6.07, 6.45) is 3.97. The standard InChI is InChI=1S/C16H24N2O2/c1-2-4-13(10-17)16(20)18(14-7-8-14)11-12-5-3-6-15(19)9-12/h3,5-6,9,13-14,19H,2,4,7-8,10-11,17H2,1H3. The van der Waals surface area contributed by atoms with Crippen LogP contribution in [0.5, 0.6) is 5.75 Å². The quantitative estimate of drug-likeness (QED) is 0.802. The second-order valence-electron chi connectivity index (χ2n) is 5.59. The van der Waals surface area contributed by atoms with E-state index >= 15 is 0 Å². The Bertz CT molecular complexity index is 458. The first-order chi connectivity index (χ1) is 9.65. The summed E-state index contributed by atoms with van der Waals surface area (Å²) >= 11 is 0. The molecule has 0 bridgehead atoms. The Morgan fingerprint density at radius 3 is 2.80 bits per heavy atom. The van der Waals surface area contributed by atoms with Gasteiger partial charge in [0.2, 0.25) is 5.91 Å². The van der Waals surface area contributed by atoms with Gasteiger partial charge in [0.05, 0.1) is 5.92 Å². The molecular weight excluding hydrogens is 252 g/mol. The van der Waals surface area contributed by atoms with Gasteiger partial charge in [-0.05, 0) is 37.0 Å². The highest BCUT2D eigenvalue weighted by atomic mass is 16.3. The van der Waals surface area contributed by atoms with Crippen molar-refractivity contribution in [3.8, 4) is 5.75 Å². The van der Waals surface area contributed by atoms with Gasteiger partial charge in [0, 0.05) is 19.1 Å². The highest BCUT2D eigenvalue weighted by molar-refractivity contribution is 5.79. The van der Waals surface area contributed by atoms with Crippen LogP contribution in [-0.2, 0) is 11.3 Å². The molecule has 20 heavy (non-hydrogen) atoms. The minimum Gasteiger partial charge on any atom is -0.508 e. The molecule has 0 radical (unpaired) electrons. The summed E-state index contributed by atoms with van der Waals surface area (Å²) < 4.78 is 0. The Morgan fingerprint density at radius 2 is 2.25 bits per heavy atom. The largest absolute Gasteiger partial charge is 0.508 e. The molecule has 0 saturated heterocycles. The van der Waals surface area contributed by atoms with Crippen LogP contribution in [-0.4, -0.2) is 28.5 Å². The predicted molar refractivity (Wildman–Crippen MR) is 79.1 cm³/mol. The molecule has 1 aromatic rings. The third-order valence-electron chi connectivity index (χ3n) is 3.81. The fraction of sp³-hybridized carbons (Fsp3) is 0.562. The fourth-order valence-corrected chi connectivity index (χ4v) is 2.55. The van der Waals surface area contributed by atoms with Gasteiger partial charge in [-0.15, -0.1) is 0 Å². The molecule has 4 heteroatoms. The molecule has 1 aliphatic rings. The van der Waals surface area contributed by atoms with E-state index in [-0.39, 0.29) is 17.6 Å². The molecule has 110 valence electrons. The van der Waals surface area contributed by atoms with Crippen LogP contribution in [0.2, 0.25) is 0 Å². The normalized spacial score (nSPS) is 15.9. The van der Waals surface area contributed by atoms with Gasteiger partial charge in [-0.1, -0.05) is 25.5 Å². The summed E-state index contributed by atoms with van der Waals surface area (Å²) in [7, 11) is 0. The molecule has 3 N–H and O–H groups in total. The molecular formula is C16H24N2O2. The first kappa shape index (κ1) is 14.9. The number of nitrogens with zero attached hydrogens (tertiary/aromatic N) is 1. The average Bonchev–Trinajstić information content (AvgIpc) is 3.26. The average molecular weight is 276 g/mol. The number of nitrogens with two attached hydrogens (primary N) is 1. The second-order valence-corrected chi connectivity index (χ2v) is 5.59. The van der Waals surface area contributed by atoms with Crippen molar-refractivity contribution in [2.45, 2.75) is 45.2 Å². The third-order valence-corrected chi connectivity index (χ3v) is 3.81. The van der Waals surface area contributed by atoms with Gasteiger partial charge in [0.25, 0.3) is 0 Å². The summed E-state index contributed by atoms with van der Waals surface area (Å²) in [5.74, 6) is 0.340. The van der Waals surface area contributed by atoms with E-state index < -0.39 is 0 Å². The van der Waals surface area contributed by atoms with Crippen molar-refractivity contribution in [1.29, 1.82) is 0 Å². The van der Waals surface area contributed by atoms with Crippen molar-refractivity contribution >= 4 is 5.91 Å². The summed E-state index contributed by atoms with van der Waals surface area (Å²) in [5, 5.41) is 9.53. The van der Waals surface area contributed by atoms with E-state index in [9.17, 15) is 9.90 Å². The smallest absolute Gasteiger partial charge is 0.227 e. The van der Waals surface area contributed by atoms with E-state index in [2.05, 4.69) is 6.92 Å². The lowest BCUT2D eigenvalue weighted by molar-refractivity contribution is -0.136. The van der Waals surface area contributed by atoms with Gasteiger partial charge >= 0.3 is 0 Å². The molecule has 1 amide bonds. The van der Waals surface area contributed by atoms with Gasteiger partial charge in [-0.25, -0.2) is 0 Å². The number of phenols is 1. The number of aromatic hydroxyl groups is 1. The highest BCUT2D eigenvalue weighted by Crippen LogP contribution is 2.30. The Hall–Kier alpha value is -1.55. The predicted octanol–water partition coefficient (Wildman–Crippen LogP) is 2.26. The molecule has 0 aliphatic heterocycles. The van der Waals surface area contributed by atoms with Crippen LogP contribution in [0.3, 0.4) is 0 Å². The number of phenolic OH excluding ortho intramolecular Hbond substituents is 1. The number of hydrogen-bond donors (Lipinski definition) is 2. The van der Waals surface area contributed by atoms with Crippen molar-refractivity contribution in [2.75, 3.05) is 6.54 Å². The maximum atomic E-state index is 12.6. The summed E-state index contributed by atoms with van der Waals surface area (Å²) in [6, 6.07) is 7.48. The third kappa shape index (κ3) is 3.73. The topological polar surface area (TPSA) is 66.6 Å². The molecule has 1 aliphatic carbocycles. The van der Waals surface area contributed by atoms with Gasteiger partial charge in [-0.2, -0.15) is 0 Å². The van der Waals surface area contributed by atoms with E-state index in [1.807, 2.05) is 17.0 Å². The minimum atomic E-state index is -0.0714. The van der Waals surface area contributed by atoms with Gasteiger partial charge in [0.15, 0.2) is 0 Å². The van der Waals surface area contributed by atoms with Crippen LogP contribution in [0.1, 0.15) is 38.2 Å². The Kier molecular flexibility index (Phi) is 5.01. The molecule has 2 rings (SSSR count). The van der Waals surface area contributed by atoms with Crippen LogP contribution < -0.4 is 5.73 Å². The maximum Gasteiger partial charge on any atom is 0.227 e. The van der Waals surface area contributed by atoms with E-state index in [4.69, 9.17) is 5.73 Å². The zero-order chi connectivity index (χ0) is 14.5. The second kappa shape index (κ2) is 6.75. The lowest BCUT2D eigenvalue weighted by Gasteiger charge is -2.27. The SMILES string of the molecule is CCCC(CN)C(=O)N(Cc1cccc(O)c1)C1CC1. The summed E-state index contributed by atoms with van der Waals surface area (Å²) in [5.41, 5.74) is 6.72. The highest BCUT2D eigenvalue weighted by Gasteiger charge is 2.35. The lowest BCUT2D eigenvalue weighted by Crippen LogP contribution is -2.40. The fourth-order valence-electron chi connectivity index (χ4n) is 2.55. The number of benzene rings is 1. The van der Waals surface area contributed by atoms with Gasteiger partial charge < -0.3 is 15.7 Å². The molecule has 1 unspecified atom stereocenters. The zero-order valence-electron chi connectivity index (χ0n) is 12.1. The molecule has 4 nitrogen and oxygen atoms in total. The van der Waals surface area contributed by atoms with Crippen LogP contribution in [0, 0.1) is 5.92 Å². The maximum absolute atomic E-state index is 12.6. The number of carbonyl (C=O) groups is 1. The van der Waals surface area contributed by atoms with Gasteiger partial charge in [0.1, 0.15) is 5.75 Å². The van der Waals surface area contributed by atoms with Crippen molar-refractivity contribution in [3.05, 3.63) is 29.8 Å². The molecule has 1 aromatic carbocycles. The molecule has 0 spiro atoms. The number of amides is 1. The van der Waals surface area contributed by atoms with Crippen molar-refractivity contribution in [2.24, 2.45) is 11.7 Å². The minimum absolute atomic E-state index is 0.0714. The number of hydrogen-bond acceptors (Lipinski definition) is 3. The summed E-state index contributed by atoms with van der Waals surface area (Å²) in [6.45, 7) is 3.06. The number of carbonyl (C=O) groups excluding carboxylic acids is 1. The van der Waals surface area contributed by atoms with E-state index in [1.165, 1.54) is 0 Å². The van der Waals surface area contributed by atoms with Gasteiger partial charge in [-0.3, -0.25) is 4.79 Å².